The second-order valence-electron chi connectivity index (χ2n) is 6.18. The van der Waals surface area contributed by atoms with Gasteiger partial charge in [0.05, 0.1) is 6.10 Å². The Morgan fingerprint density at radius 2 is 2.00 bits per heavy atom. The predicted molar refractivity (Wildman–Crippen MR) is 80.6 cm³/mol. The number of β-amino-alcohol motifs (C(OH)–C–C–N with tert-alkyl or cyclic N) is 1. The summed E-state index contributed by atoms with van der Waals surface area (Å²) < 4.78 is 1.18. The van der Waals surface area contributed by atoms with E-state index in [2.05, 4.69) is 10.00 Å². The third-order valence-corrected chi connectivity index (χ3v) is 4.45. The van der Waals surface area contributed by atoms with Crippen molar-refractivity contribution in [1.29, 1.82) is 0 Å². The number of hydrogen-bond acceptors (Lipinski definition) is 5. The SMILES string of the molecule is Cn1nc(C(=O)N2CCN(C[C@H](O)C3CC3)CC2)ccc1=O. The molecule has 1 aliphatic heterocycles. The first-order chi connectivity index (χ1) is 10.5. The van der Waals surface area contributed by atoms with E-state index in [4.69, 9.17) is 0 Å². The van der Waals surface area contributed by atoms with Crippen LogP contribution in [-0.2, 0) is 7.05 Å². The van der Waals surface area contributed by atoms with Crippen LogP contribution in [0.1, 0.15) is 23.3 Å². The van der Waals surface area contributed by atoms with E-state index < -0.39 is 0 Å². The largest absolute Gasteiger partial charge is 0.392 e. The van der Waals surface area contributed by atoms with Gasteiger partial charge in [-0.2, -0.15) is 5.10 Å². The first kappa shape index (κ1) is 15.2. The van der Waals surface area contributed by atoms with Gasteiger partial charge in [0.1, 0.15) is 5.69 Å². The Labute approximate surface area is 129 Å². The number of rotatable bonds is 4. The zero-order valence-electron chi connectivity index (χ0n) is 12.8. The molecule has 3 rings (SSSR count). The molecule has 22 heavy (non-hydrogen) atoms. The molecule has 120 valence electrons. The molecular weight excluding hydrogens is 284 g/mol. The van der Waals surface area contributed by atoms with Gasteiger partial charge in [0.2, 0.25) is 0 Å². The number of aliphatic hydroxyl groups is 1. The van der Waals surface area contributed by atoms with Gasteiger partial charge in [-0.25, -0.2) is 4.68 Å². The second kappa shape index (κ2) is 6.18. The van der Waals surface area contributed by atoms with Crippen molar-refractivity contribution in [2.75, 3.05) is 32.7 Å². The number of aliphatic hydroxyl groups excluding tert-OH is 1. The van der Waals surface area contributed by atoms with Crippen LogP contribution in [0.5, 0.6) is 0 Å². The Kier molecular flexibility index (Phi) is 4.26. The van der Waals surface area contributed by atoms with Crippen molar-refractivity contribution < 1.29 is 9.90 Å². The van der Waals surface area contributed by atoms with Gasteiger partial charge in [-0.05, 0) is 24.8 Å². The number of aromatic nitrogens is 2. The van der Waals surface area contributed by atoms with Gasteiger partial charge in [-0.15, -0.1) is 0 Å². The molecule has 1 N–H and O–H groups in total. The maximum absolute atomic E-state index is 12.4. The maximum atomic E-state index is 12.4. The summed E-state index contributed by atoms with van der Waals surface area (Å²) in [5.74, 6) is 0.340. The summed E-state index contributed by atoms with van der Waals surface area (Å²) >= 11 is 0. The molecular formula is C15H22N4O3. The Balaban J connectivity index is 1.54. The molecule has 0 aromatic carbocycles. The molecule has 1 aromatic heterocycles. The summed E-state index contributed by atoms with van der Waals surface area (Å²) in [5, 5.41) is 14.0. The highest BCUT2D eigenvalue weighted by atomic mass is 16.3. The van der Waals surface area contributed by atoms with E-state index in [1.54, 1.807) is 4.90 Å². The van der Waals surface area contributed by atoms with E-state index in [0.29, 0.717) is 31.2 Å². The smallest absolute Gasteiger partial charge is 0.274 e. The lowest BCUT2D eigenvalue weighted by Crippen LogP contribution is -2.50. The van der Waals surface area contributed by atoms with Crippen LogP contribution in [0, 0.1) is 5.92 Å². The monoisotopic (exact) mass is 306 g/mol. The summed E-state index contributed by atoms with van der Waals surface area (Å²) in [7, 11) is 1.54. The van der Waals surface area contributed by atoms with Crippen molar-refractivity contribution in [1.82, 2.24) is 19.6 Å². The van der Waals surface area contributed by atoms with Crippen molar-refractivity contribution in [2.24, 2.45) is 13.0 Å². The van der Waals surface area contributed by atoms with Crippen molar-refractivity contribution in [2.45, 2.75) is 18.9 Å². The average Bonchev–Trinajstić information content (AvgIpc) is 3.35. The molecule has 0 unspecified atom stereocenters. The van der Waals surface area contributed by atoms with Gasteiger partial charge >= 0.3 is 0 Å². The lowest BCUT2D eigenvalue weighted by atomic mass is 10.2. The number of carbonyl (C=O) groups is 1. The molecule has 1 aliphatic carbocycles. The van der Waals surface area contributed by atoms with Crippen LogP contribution in [0.2, 0.25) is 0 Å². The molecule has 1 aromatic rings. The minimum Gasteiger partial charge on any atom is -0.392 e. The molecule has 2 aliphatic rings. The zero-order chi connectivity index (χ0) is 15.7. The number of piperazine rings is 1. The molecule has 7 nitrogen and oxygen atoms in total. The number of aryl methyl sites for hydroxylation is 1. The fourth-order valence-corrected chi connectivity index (χ4v) is 2.81. The summed E-state index contributed by atoms with van der Waals surface area (Å²) in [5.41, 5.74) is 0.0731. The normalized spacial score (nSPS) is 20.9. The summed E-state index contributed by atoms with van der Waals surface area (Å²) in [6, 6.07) is 2.84. The molecule has 7 heteroatoms. The van der Waals surface area contributed by atoms with E-state index in [9.17, 15) is 14.7 Å². The third-order valence-electron chi connectivity index (χ3n) is 4.45. The van der Waals surface area contributed by atoms with Crippen molar-refractivity contribution in [3.8, 4) is 0 Å². The molecule has 1 amide bonds. The third kappa shape index (κ3) is 3.36. The Morgan fingerprint density at radius 3 is 2.59 bits per heavy atom. The van der Waals surface area contributed by atoms with Crippen molar-refractivity contribution >= 4 is 5.91 Å². The van der Waals surface area contributed by atoms with Gasteiger partial charge in [0, 0.05) is 45.8 Å². The molecule has 2 heterocycles. The van der Waals surface area contributed by atoms with E-state index >= 15 is 0 Å². The predicted octanol–water partition coefficient (Wildman–Crippen LogP) is -0.691. The first-order valence-corrected chi connectivity index (χ1v) is 7.78. The van der Waals surface area contributed by atoms with Crippen molar-refractivity contribution in [3.05, 3.63) is 28.2 Å². The highest BCUT2D eigenvalue weighted by Crippen LogP contribution is 2.32. The molecule has 0 radical (unpaired) electrons. The van der Waals surface area contributed by atoms with E-state index in [-0.39, 0.29) is 17.6 Å². The van der Waals surface area contributed by atoms with Gasteiger partial charge in [0.15, 0.2) is 0 Å². The van der Waals surface area contributed by atoms with E-state index in [1.165, 1.54) is 23.9 Å². The molecule has 0 bridgehead atoms. The fourth-order valence-electron chi connectivity index (χ4n) is 2.81. The molecule has 1 saturated heterocycles. The number of amides is 1. The van der Waals surface area contributed by atoms with Crippen LogP contribution >= 0.6 is 0 Å². The van der Waals surface area contributed by atoms with Crippen LogP contribution in [0.25, 0.3) is 0 Å². The highest BCUT2D eigenvalue weighted by Gasteiger charge is 2.32. The zero-order valence-corrected chi connectivity index (χ0v) is 12.8. The summed E-state index contributed by atoms with van der Waals surface area (Å²) in [6.07, 6.45) is 2.04. The second-order valence-corrected chi connectivity index (χ2v) is 6.18. The van der Waals surface area contributed by atoms with Crippen LogP contribution < -0.4 is 5.56 Å². The number of hydrogen-bond donors (Lipinski definition) is 1. The average molecular weight is 306 g/mol. The van der Waals surface area contributed by atoms with Crippen LogP contribution in [0.3, 0.4) is 0 Å². The quantitative estimate of drug-likeness (QED) is 0.796. The lowest BCUT2D eigenvalue weighted by molar-refractivity contribution is 0.0483. The molecule has 1 saturated carbocycles. The molecule has 0 spiro atoms. The topological polar surface area (TPSA) is 78.7 Å². The summed E-state index contributed by atoms with van der Waals surface area (Å²) in [4.78, 5) is 27.7. The highest BCUT2D eigenvalue weighted by molar-refractivity contribution is 5.92. The first-order valence-electron chi connectivity index (χ1n) is 7.78. The number of nitrogens with zero attached hydrogens (tertiary/aromatic N) is 4. The molecule has 2 fully saturated rings. The Bertz CT molecular complexity index is 603. The maximum Gasteiger partial charge on any atom is 0.274 e. The van der Waals surface area contributed by atoms with Crippen LogP contribution in [0.15, 0.2) is 16.9 Å². The van der Waals surface area contributed by atoms with Crippen LogP contribution in [-0.4, -0.2) is 69.4 Å². The fraction of sp³-hybridized carbons (Fsp3) is 0.667. The van der Waals surface area contributed by atoms with Crippen molar-refractivity contribution in [3.63, 3.8) is 0 Å². The van der Waals surface area contributed by atoms with Gasteiger partial charge < -0.3 is 10.0 Å². The lowest BCUT2D eigenvalue weighted by Gasteiger charge is -2.35. The standard InChI is InChI=1S/C15H22N4O3/c1-17-14(21)5-4-12(16-17)15(22)19-8-6-18(7-9-19)10-13(20)11-2-3-11/h4-5,11,13,20H,2-3,6-10H2,1H3/t13-/m0/s1. The minimum absolute atomic E-state index is 0.141. The Hall–Kier alpha value is -1.73. The van der Waals surface area contributed by atoms with Gasteiger partial charge in [0.25, 0.3) is 11.5 Å². The van der Waals surface area contributed by atoms with Gasteiger partial charge in [-0.3, -0.25) is 14.5 Å². The van der Waals surface area contributed by atoms with Crippen LogP contribution in [0.4, 0.5) is 0 Å². The summed E-state index contributed by atoms with van der Waals surface area (Å²) in [6.45, 7) is 3.48. The van der Waals surface area contributed by atoms with Gasteiger partial charge in [-0.1, -0.05) is 0 Å². The minimum atomic E-state index is -0.229. The number of carbonyl (C=O) groups excluding carboxylic acids is 1. The molecule has 1 atom stereocenters. The van der Waals surface area contributed by atoms with E-state index in [1.807, 2.05) is 0 Å². The van der Waals surface area contributed by atoms with E-state index in [0.717, 1.165) is 25.9 Å². The Morgan fingerprint density at radius 1 is 1.32 bits per heavy atom.